The first-order valence-electron chi connectivity index (χ1n) is 39.4. The summed E-state index contributed by atoms with van der Waals surface area (Å²) in [5, 5.41) is 14.3. The molecule has 0 saturated heterocycles. The Kier molecular flexibility index (Phi) is 16.4. The third-order valence-corrected chi connectivity index (χ3v) is 29.9. The molecule has 6 nitrogen and oxygen atoms in total. The van der Waals surface area contributed by atoms with Gasteiger partial charge >= 0.3 is 0 Å². The second-order valence-electron chi connectivity index (χ2n) is 30.1. The van der Waals surface area contributed by atoms with Gasteiger partial charge in [0.25, 0.3) is 0 Å². The zero-order valence-electron chi connectivity index (χ0n) is 62.9. The van der Waals surface area contributed by atoms with Gasteiger partial charge in [0.15, 0.2) is 14.3 Å². The summed E-state index contributed by atoms with van der Waals surface area (Å²) in [4.78, 5) is 10.9. The van der Waals surface area contributed by atoms with Gasteiger partial charge in [0.1, 0.15) is 5.82 Å². The van der Waals surface area contributed by atoms with Crippen molar-refractivity contribution in [1.29, 1.82) is 0 Å². The summed E-state index contributed by atoms with van der Waals surface area (Å²) in [5.41, 5.74) is 24.4. The van der Waals surface area contributed by atoms with E-state index < -0.39 is 14.3 Å². The summed E-state index contributed by atoms with van der Waals surface area (Å²) in [6.07, 6.45) is 0. The van der Waals surface area contributed by atoms with E-state index in [1.807, 2.05) is 91.0 Å². The standard InChI is InChI=1S/C57H37N2OP.C51H33N2OP/c60-61(46-19-8-3-9-20-46)54-23-13-12-22-48(54)51-36-53-50(37-55(51)61)49-33-32-43-18-10-11-21-47(43)57(49)59(53)56-35-45(42-26-24-40(25-27-42)38-14-4-1-5-15-38)34-52(58-56)44-30-28-41(29-31-44)39-16-6-2-7-17-39;54-55(40-19-8-3-9-20-40)49-23-13-12-22-42(49)45-32-48-44(33-50(45)55)43-29-28-36-16-10-11-21-41(36)51(43)53(48)39-30-46(37-17-6-2-7-18-37)52-47(31-39)38-26-24-35(25-27-38)34-14-4-1-5-15-34/h1-37H;1-33H. The Balaban J connectivity index is 0.000000141. The molecule has 0 spiro atoms. The van der Waals surface area contributed by atoms with Crippen LogP contribution in [0, 0.1) is 0 Å². The highest BCUT2D eigenvalue weighted by Gasteiger charge is 2.43. The van der Waals surface area contributed by atoms with E-state index in [-0.39, 0.29) is 0 Å². The van der Waals surface area contributed by atoms with Crippen molar-refractivity contribution in [3.63, 3.8) is 0 Å². The van der Waals surface area contributed by atoms with Crippen molar-refractivity contribution >= 4 is 111 Å². The number of benzene rings is 17. The molecule has 2 aliphatic heterocycles. The Hall–Kier alpha value is -14.4. The fourth-order valence-electron chi connectivity index (χ4n) is 18.0. The molecule has 544 valence electrons. The Bertz CT molecular complexity index is 7480. The molecule has 21 aromatic rings. The van der Waals surface area contributed by atoms with Crippen LogP contribution in [0.3, 0.4) is 0 Å². The van der Waals surface area contributed by atoms with Crippen LogP contribution in [0.5, 0.6) is 0 Å². The maximum absolute atomic E-state index is 15.7. The van der Waals surface area contributed by atoms with Crippen molar-refractivity contribution in [2.75, 3.05) is 0 Å². The van der Waals surface area contributed by atoms with Gasteiger partial charge in [-0.3, -0.25) is 4.57 Å². The highest BCUT2D eigenvalue weighted by molar-refractivity contribution is 7.87. The molecule has 0 amide bonds. The molecular weight excluding hydrogens is 1450 g/mol. The number of nitrogens with zero attached hydrogens (tertiary/aromatic N) is 4. The second-order valence-corrected chi connectivity index (χ2v) is 35.5. The number of aromatic nitrogens is 4. The summed E-state index contributed by atoms with van der Waals surface area (Å²) < 4.78 is 36.1. The number of rotatable bonds is 11. The number of hydrogen-bond donors (Lipinski definition) is 0. The van der Waals surface area contributed by atoms with Crippen LogP contribution in [0.25, 0.3) is 177 Å². The summed E-state index contributed by atoms with van der Waals surface area (Å²) in [6.45, 7) is 0. The molecule has 0 saturated carbocycles. The first kappa shape index (κ1) is 68.4. The van der Waals surface area contributed by atoms with E-state index in [1.165, 1.54) is 33.2 Å². The van der Waals surface area contributed by atoms with Gasteiger partial charge in [-0.2, -0.15) is 0 Å². The fraction of sp³-hybridized carbons (Fsp3) is 0. The Labute approximate surface area is 671 Å². The lowest BCUT2D eigenvalue weighted by molar-refractivity contribution is 0.592. The van der Waals surface area contributed by atoms with Gasteiger partial charge in [-0.25, -0.2) is 9.97 Å². The molecule has 4 aromatic heterocycles. The van der Waals surface area contributed by atoms with Crippen molar-refractivity contribution in [3.8, 4) is 112 Å². The summed E-state index contributed by atoms with van der Waals surface area (Å²) in [6, 6.07) is 149. The van der Waals surface area contributed by atoms with E-state index in [2.05, 4.69) is 343 Å². The first-order valence-corrected chi connectivity index (χ1v) is 42.8. The number of fused-ring (bicyclic) bond motifs is 16. The van der Waals surface area contributed by atoms with Crippen molar-refractivity contribution < 1.29 is 9.13 Å². The average Bonchev–Trinajstić information content (AvgIpc) is 1.54. The summed E-state index contributed by atoms with van der Waals surface area (Å²) >= 11 is 0. The molecule has 2 aliphatic rings. The van der Waals surface area contributed by atoms with Crippen molar-refractivity contribution in [2.24, 2.45) is 0 Å². The lowest BCUT2D eigenvalue weighted by Gasteiger charge is -2.16. The summed E-state index contributed by atoms with van der Waals surface area (Å²) in [5.74, 6) is 0.820. The number of hydrogen-bond acceptors (Lipinski definition) is 4. The van der Waals surface area contributed by atoms with Crippen LogP contribution in [0.15, 0.2) is 425 Å². The Morgan fingerprint density at radius 3 is 0.974 bits per heavy atom. The molecule has 116 heavy (non-hydrogen) atoms. The summed E-state index contributed by atoms with van der Waals surface area (Å²) in [7, 11) is -6.31. The third kappa shape index (κ3) is 11.2. The zero-order chi connectivity index (χ0) is 77.0. The zero-order valence-corrected chi connectivity index (χ0v) is 64.7. The van der Waals surface area contributed by atoms with Gasteiger partial charge in [0.2, 0.25) is 0 Å². The molecule has 0 radical (unpaired) electrons. The van der Waals surface area contributed by atoms with Gasteiger partial charge in [-0.1, -0.05) is 376 Å². The first-order chi connectivity index (χ1) is 57.3. The Morgan fingerprint density at radius 2 is 0.534 bits per heavy atom. The maximum atomic E-state index is 15.7. The van der Waals surface area contributed by atoms with E-state index in [1.54, 1.807) is 0 Å². The lowest BCUT2D eigenvalue weighted by Crippen LogP contribution is -2.20. The van der Waals surface area contributed by atoms with Crippen molar-refractivity contribution in [2.45, 2.75) is 0 Å². The van der Waals surface area contributed by atoms with Crippen LogP contribution in [0.4, 0.5) is 0 Å². The van der Waals surface area contributed by atoms with E-state index in [4.69, 9.17) is 9.97 Å². The van der Waals surface area contributed by atoms with E-state index in [0.29, 0.717) is 0 Å². The van der Waals surface area contributed by atoms with Crippen LogP contribution in [0.1, 0.15) is 0 Å². The van der Waals surface area contributed by atoms with Gasteiger partial charge in [0.05, 0.1) is 44.8 Å². The predicted molar refractivity (Wildman–Crippen MR) is 487 cm³/mol. The molecule has 0 fully saturated rings. The average molecular weight is 1520 g/mol. The van der Waals surface area contributed by atoms with Crippen LogP contribution in [0.2, 0.25) is 0 Å². The molecule has 0 aliphatic carbocycles. The molecule has 0 N–H and O–H groups in total. The minimum Gasteiger partial charge on any atom is -0.309 e. The molecule has 0 bridgehead atoms. The van der Waals surface area contributed by atoms with Gasteiger partial charge < -0.3 is 13.7 Å². The topological polar surface area (TPSA) is 69.8 Å². The van der Waals surface area contributed by atoms with Gasteiger partial charge in [-0.15, -0.1) is 0 Å². The minimum atomic E-state index is -3.17. The molecule has 2 unspecified atom stereocenters. The highest BCUT2D eigenvalue weighted by atomic mass is 31.2. The molecule has 8 heteroatoms. The normalized spacial score (nSPS) is 14.5. The monoisotopic (exact) mass is 1520 g/mol. The molecule has 6 heterocycles. The van der Waals surface area contributed by atoms with Crippen LogP contribution in [-0.2, 0) is 9.13 Å². The third-order valence-electron chi connectivity index (χ3n) is 23.6. The van der Waals surface area contributed by atoms with E-state index in [9.17, 15) is 0 Å². The molecule has 17 aromatic carbocycles. The predicted octanol–water partition coefficient (Wildman–Crippen LogP) is 25.6. The van der Waals surface area contributed by atoms with Crippen LogP contribution in [-0.4, -0.2) is 19.1 Å². The lowest BCUT2D eigenvalue weighted by atomic mass is 9.98. The van der Waals surface area contributed by atoms with Gasteiger partial charge in [-0.05, 0) is 126 Å². The maximum Gasteiger partial charge on any atom is 0.172 e. The van der Waals surface area contributed by atoms with Crippen LogP contribution < -0.4 is 31.8 Å². The number of pyridine rings is 2. The van der Waals surface area contributed by atoms with Gasteiger partial charge in [0, 0.05) is 80.8 Å². The van der Waals surface area contributed by atoms with Crippen molar-refractivity contribution in [1.82, 2.24) is 19.1 Å². The smallest absolute Gasteiger partial charge is 0.172 e. The molecule has 2 atom stereocenters. The van der Waals surface area contributed by atoms with Crippen molar-refractivity contribution in [3.05, 3.63) is 425 Å². The largest absolute Gasteiger partial charge is 0.309 e. The van der Waals surface area contributed by atoms with E-state index >= 15 is 9.13 Å². The molecular formula is C108H70N4O2P2. The van der Waals surface area contributed by atoms with E-state index in [0.717, 1.165) is 176 Å². The van der Waals surface area contributed by atoms with Crippen LogP contribution >= 0.6 is 14.3 Å². The quantitative estimate of drug-likeness (QED) is 0.121. The molecule has 23 rings (SSSR count). The minimum absolute atomic E-state index is 0.820. The second kappa shape index (κ2) is 27.8. The Morgan fingerprint density at radius 1 is 0.207 bits per heavy atom. The fourth-order valence-corrected chi connectivity index (χ4v) is 24.2. The SMILES string of the molecule is O=P1(c2ccccc2)c2ccccc2-c2cc3c(cc21)c1ccc2ccccc2c1n3-c1cc(-c2ccc(-c3ccccc3)cc2)cc(-c2ccc(-c3ccccc3)cc2)n1.O=P1(c2ccccc2)c2ccccc2-c2cc3c(cc21)c1ccc2ccccc2c1n3-c1cc(-c2ccccc2)nc(-c2ccc(-c3ccccc3)cc2)c1. The highest BCUT2D eigenvalue weighted by Crippen LogP contribution is 2.56.